The second kappa shape index (κ2) is 7.22. The Morgan fingerprint density at radius 2 is 2.16 bits per heavy atom. The van der Waals surface area contributed by atoms with Crippen molar-refractivity contribution in [1.29, 1.82) is 0 Å². The van der Waals surface area contributed by atoms with Crippen molar-refractivity contribution in [3.63, 3.8) is 0 Å². The summed E-state index contributed by atoms with van der Waals surface area (Å²) in [6, 6.07) is 9.24. The molecule has 0 bridgehead atoms. The molecule has 0 spiro atoms. The molecule has 1 atom stereocenters. The molecule has 2 rings (SSSR count). The van der Waals surface area contributed by atoms with E-state index >= 15 is 0 Å². The lowest BCUT2D eigenvalue weighted by atomic mass is 9.96. The summed E-state index contributed by atoms with van der Waals surface area (Å²) in [7, 11) is 0. The number of rotatable bonds is 6. The third-order valence-corrected chi connectivity index (χ3v) is 4.58. The molecule has 0 aliphatic heterocycles. The quantitative estimate of drug-likeness (QED) is 0.772. The first kappa shape index (κ1) is 14.8. The van der Waals surface area contributed by atoms with Gasteiger partial charge in [-0.2, -0.15) is 11.3 Å². The second-order valence-corrected chi connectivity index (χ2v) is 6.48. The molecular weight excluding hydrogens is 318 g/mol. The summed E-state index contributed by atoms with van der Waals surface area (Å²) in [5.74, 6) is 0. The minimum atomic E-state index is 0.443. The van der Waals surface area contributed by atoms with Crippen LogP contribution in [0.3, 0.4) is 0 Å². The van der Waals surface area contributed by atoms with Gasteiger partial charge in [-0.05, 0) is 72.0 Å². The number of hydrogen-bond acceptors (Lipinski definition) is 2. The molecule has 2 aromatic rings. The summed E-state index contributed by atoms with van der Waals surface area (Å²) in [6.07, 6.45) is 2.28. The average molecular weight is 338 g/mol. The second-order valence-electron chi connectivity index (χ2n) is 4.78. The van der Waals surface area contributed by atoms with Gasteiger partial charge in [-0.25, -0.2) is 0 Å². The Hall–Kier alpha value is -0.640. The molecule has 0 radical (unpaired) electrons. The fraction of sp³-hybridized carbons (Fsp3) is 0.375. The van der Waals surface area contributed by atoms with Gasteiger partial charge >= 0.3 is 0 Å². The van der Waals surface area contributed by atoms with Crippen molar-refractivity contribution in [2.24, 2.45) is 0 Å². The van der Waals surface area contributed by atoms with Crippen molar-refractivity contribution < 1.29 is 0 Å². The molecule has 1 unspecified atom stereocenters. The van der Waals surface area contributed by atoms with Crippen LogP contribution in [0.2, 0.25) is 0 Å². The number of hydrogen-bond donors (Lipinski definition) is 1. The van der Waals surface area contributed by atoms with E-state index in [0.717, 1.165) is 23.9 Å². The smallest absolute Gasteiger partial charge is 0.0325 e. The lowest BCUT2D eigenvalue weighted by Crippen LogP contribution is -2.22. The monoisotopic (exact) mass is 337 g/mol. The summed E-state index contributed by atoms with van der Waals surface area (Å²) in [5, 5.41) is 8.01. The summed E-state index contributed by atoms with van der Waals surface area (Å²) in [5.41, 5.74) is 4.22. The van der Waals surface area contributed by atoms with Gasteiger partial charge in [0.25, 0.3) is 0 Å². The first-order chi connectivity index (χ1) is 9.20. The van der Waals surface area contributed by atoms with Crippen LogP contribution in [0.15, 0.2) is 39.5 Å². The van der Waals surface area contributed by atoms with Crippen LogP contribution < -0.4 is 5.32 Å². The van der Waals surface area contributed by atoms with E-state index in [1.807, 2.05) is 0 Å². The highest BCUT2D eigenvalue weighted by Gasteiger charge is 2.13. The number of thiophene rings is 1. The van der Waals surface area contributed by atoms with E-state index in [9.17, 15) is 0 Å². The van der Waals surface area contributed by atoms with Crippen LogP contribution in [0.4, 0.5) is 0 Å². The summed E-state index contributed by atoms with van der Waals surface area (Å²) < 4.78 is 1.15. The Labute approximate surface area is 128 Å². The van der Waals surface area contributed by atoms with Crippen LogP contribution >= 0.6 is 27.3 Å². The molecule has 1 aromatic heterocycles. The van der Waals surface area contributed by atoms with Gasteiger partial charge in [0.1, 0.15) is 0 Å². The van der Waals surface area contributed by atoms with Crippen molar-refractivity contribution in [2.45, 2.75) is 32.7 Å². The fourth-order valence-corrected chi connectivity index (χ4v) is 3.57. The maximum Gasteiger partial charge on any atom is 0.0325 e. The first-order valence-electron chi connectivity index (χ1n) is 6.71. The average Bonchev–Trinajstić information content (AvgIpc) is 2.88. The van der Waals surface area contributed by atoms with Crippen LogP contribution in [0.25, 0.3) is 0 Å². The Kier molecular flexibility index (Phi) is 5.61. The van der Waals surface area contributed by atoms with Crippen molar-refractivity contribution in [3.8, 4) is 0 Å². The molecule has 1 N–H and O–H groups in total. The number of benzene rings is 1. The lowest BCUT2D eigenvalue weighted by molar-refractivity contribution is 0.513. The lowest BCUT2D eigenvalue weighted by Gasteiger charge is -2.20. The number of aryl methyl sites for hydroxylation is 2. The van der Waals surface area contributed by atoms with Gasteiger partial charge < -0.3 is 5.32 Å². The Bertz CT molecular complexity index is 507. The van der Waals surface area contributed by atoms with Gasteiger partial charge in [0.05, 0.1) is 0 Å². The molecule has 102 valence electrons. The molecule has 1 heterocycles. The Morgan fingerprint density at radius 1 is 1.32 bits per heavy atom. The number of halogens is 1. The van der Waals surface area contributed by atoms with E-state index in [-0.39, 0.29) is 0 Å². The van der Waals surface area contributed by atoms with Crippen LogP contribution in [-0.4, -0.2) is 6.54 Å². The highest BCUT2D eigenvalue weighted by Crippen LogP contribution is 2.25. The Balaban J connectivity index is 2.10. The zero-order valence-electron chi connectivity index (χ0n) is 11.4. The van der Waals surface area contributed by atoms with Crippen LogP contribution in [0, 0.1) is 6.92 Å². The van der Waals surface area contributed by atoms with Crippen LogP contribution in [-0.2, 0) is 6.42 Å². The van der Waals surface area contributed by atoms with E-state index < -0.39 is 0 Å². The largest absolute Gasteiger partial charge is 0.310 e. The maximum atomic E-state index is 3.61. The Morgan fingerprint density at radius 3 is 2.79 bits per heavy atom. The molecule has 0 aliphatic carbocycles. The third-order valence-electron chi connectivity index (χ3n) is 3.36. The van der Waals surface area contributed by atoms with Gasteiger partial charge in [0.2, 0.25) is 0 Å². The topological polar surface area (TPSA) is 12.0 Å². The third kappa shape index (κ3) is 4.16. The van der Waals surface area contributed by atoms with Crippen molar-refractivity contribution in [1.82, 2.24) is 5.32 Å². The van der Waals surface area contributed by atoms with Crippen molar-refractivity contribution >= 4 is 27.3 Å². The molecule has 19 heavy (non-hydrogen) atoms. The highest BCUT2D eigenvalue weighted by atomic mass is 79.9. The molecule has 0 amide bonds. The van der Waals surface area contributed by atoms with Gasteiger partial charge in [-0.1, -0.05) is 28.9 Å². The SMILES string of the molecule is CCNC(CCc1ccsc1)c1ccc(Br)cc1C. The van der Waals surface area contributed by atoms with Gasteiger partial charge in [-0.3, -0.25) is 0 Å². The van der Waals surface area contributed by atoms with Gasteiger partial charge in [-0.15, -0.1) is 0 Å². The zero-order valence-corrected chi connectivity index (χ0v) is 13.9. The van der Waals surface area contributed by atoms with Crippen molar-refractivity contribution in [3.05, 3.63) is 56.2 Å². The van der Waals surface area contributed by atoms with E-state index in [4.69, 9.17) is 0 Å². The highest BCUT2D eigenvalue weighted by molar-refractivity contribution is 9.10. The standard InChI is InChI=1S/C16H20BrNS/c1-3-18-16(7-4-13-8-9-19-11-13)15-6-5-14(17)10-12(15)2/h5-6,8-11,16,18H,3-4,7H2,1-2H3. The van der Waals surface area contributed by atoms with E-state index in [0.29, 0.717) is 6.04 Å². The fourth-order valence-electron chi connectivity index (χ4n) is 2.39. The molecule has 3 heteroatoms. The summed E-state index contributed by atoms with van der Waals surface area (Å²) in [6.45, 7) is 5.37. The minimum absolute atomic E-state index is 0.443. The summed E-state index contributed by atoms with van der Waals surface area (Å²) >= 11 is 5.31. The molecule has 0 fully saturated rings. The predicted molar refractivity (Wildman–Crippen MR) is 87.9 cm³/mol. The van der Waals surface area contributed by atoms with E-state index in [2.05, 4.69) is 70.1 Å². The normalized spacial score (nSPS) is 12.6. The number of nitrogens with one attached hydrogen (secondary N) is 1. The predicted octanol–water partition coefficient (Wildman–Crippen LogP) is 5.10. The summed E-state index contributed by atoms with van der Waals surface area (Å²) in [4.78, 5) is 0. The molecule has 0 saturated carbocycles. The molecular formula is C16H20BrNS. The first-order valence-corrected chi connectivity index (χ1v) is 8.44. The van der Waals surface area contributed by atoms with E-state index in [1.54, 1.807) is 11.3 Å². The van der Waals surface area contributed by atoms with Crippen molar-refractivity contribution in [2.75, 3.05) is 6.54 Å². The van der Waals surface area contributed by atoms with Gasteiger partial charge in [0, 0.05) is 10.5 Å². The van der Waals surface area contributed by atoms with Crippen LogP contribution in [0.5, 0.6) is 0 Å². The molecule has 0 aliphatic rings. The minimum Gasteiger partial charge on any atom is -0.310 e. The molecule has 1 nitrogen and oxygen atoms in total. The maximum absolute atomic E-state index is 3.61. The molecule has 1 aromatic carbocycles. The van der Waals surface area contributed by atoms with E-state index in [1.165, 1.54) is 16.7 Å². The molecule has 0 saturated heterocycles. The zero-order chi connectivity index (χ0) is 13.7. The van der Waals surface area contributed by atoms with Gasteiger partial charge in [0.15, 0.2) is 0 Å². The van der Waals surface area contributed by atoms with Crippen LogP contribution in [0.1, 0.15) is 36.1 Å².